The van der Waals surface area contributed by atoms with Crippen molar-refractivity contribution in [2.24, 2.45) is 5.14 Å². The van der Waals surface area contributed by atoms with Crippen LogP contribution in [-0.2, 0) is 15.8 Å². The van der Waals surface area contributed by atoms with Gasteiger partial charge in [-0.3, -0.25) is 0 Å². The molecule has 0 aromatic heterocycles. The van der Waals surface area contributed by atoms with Gasteiger partial charge >= 0.3 is 0 Å². The number of aryl methyl sites for hydroxylation is 1. The number of rotatable bonds is 2. The number of hydrogen-bond acceptors (Lipinski definition) is 2. The highest BCUT2D eigenvalue weighted by atomic mass is 35.5. The lowest BCUT2D eigenvalue weighted by atomic mass is 10.2. The van der Waals surface area contributed by atoms with Gasteiger partial charge in [-0.05, 0) is 24.1 Å². The molecule has 0 aliphatic rings. The molecular formula is C8H10ClNO2S. The molecule has 0 heterocycles. The van der Waals surface area contributed by atoms with Gasteiger partial charge in [0.1, 0.15) is 0 Å². The fourth-order valence-corrected chi connectivity index (χ4v) is 1.81. The first-order valence-corrected chi connectivity index (χ1v) is 5.73. The standard InChI is InChI=1S/C8H10ClNO2S/c1-6-2-3-7(4-8(6)9)5-13(10,11)12/h2-4H,5H2,1H3,(H2,10,11,12). The SMILES string of the molecule is Cc1ccc(CS(N)(=O)=O)cc1Cl. The minimum Gasteiger partial charge on any atom is -0.228 e. The van der Waals surface area contributed by atoms with E-state index in [1.807, 2.05) is 6.92 Å². The summed E-state index contributed by atoms with van der Waals surface area (Å²) >= 11 is 5.81. The third-order valence-electron chi connectivity index (χ3n) is 1.60. The Bertz CT molecular complexity index is 414. The molecule has 0 saturated carbocycles. The van der Waals surface area contributed by atoms with Crippen LogP contribution in [0.25, 0.3) is 0 Å². The average Bonchev–Trinajstić information content (AvgIpc) is 1.94. The zero-order valence-electron chi connectivity index (χ0n) is 7.12. The van der Waals surface area contributed by atoms with Crippen LogP contribution >= 0.6 is 11.6 Å². The number of halogens is 1. The largest absolute Gasteiger partial charge is 0.228 e. The Morgan fingerprint density at radius 1 is 1.46 bits per heavy atom. The van der Waals surface area contributed by atoms with Crippen LogP contribution in [0, 0.1) is 6.92 Å². The Morgan fingerprint density at radius 3 is 2.54 bits per heavy atom. The molecule has 1 rings (SSSR count). The highest BCUT2D eigenvalue weighted by molar-refractivity contribution is 7.88. The van der Waals surface area contributed by atoms with Crippen LogP contribution in [-0.4, -0.2) is 8.42 Å². The summed E-state index contributed by atoms with van der Waals surface area (Å²) < 4.78 is 21.5. The van der Waals surface area contributed by atoms with E-state index in [1.54, 1.807) is 18.2 Å². The monoisotopic (exact) mass is 219 g/mol. The van der Waals surface area contributed by atoms with E-state index in [4.69, 9.17) is 16.7 Å². The molecule has 0 aliphatic carbocycles. The average molecular weight is 220 g/mol. The lowest BCUT2D eigenvalue weighted by Gasteiger charge is -2.01. The molecule has 1 aromatic rings. The fourth-order valence-electron chi connectivity index (χ4n) is 0.958. The lowest BCUT2D eigenvalue weighted by Crippen LogP contribution is -2.14. The molecule has 0 unspecified atom stereocenters. The molecule has 0 radical (unpaired) electrons. The van der Waals surface area contributed by atoms with Crippen molar-refractivity contribution in [3.05, 3.63) is 34.3 Å². The summed E-state index contributed by atoms with van der Waals surface area (Å²) in [7, 11) is -3.47. The van der Waals surface area contributed by atoms with Gasteiger partial charge in [-0.2, -0.15) is 0 Å². The first-order valence-electron chi connectivity index (χ1n) is 3.64. The second kappa shape index (κ2) is 3.65. The van der Waals surface area contributed by atoms with E-state index in [1.165, 1.54) is 0 Å². The van der Waals surface area contributed by atoms with E-state index >= 15 is 0 Å². The van der Waals surface area contributed by atoms with E-state index in [0.29, 0.717) is 10.6 Å². The molecule has 0 spiro atoms. The Morgan fingerprint density at radius 2 is 2.08 bits per heavy atom. The smallest absolute Gasteiger partial charge is 0.213 e. The predicted molar refractivity (Wildman–Crippen MR) is 53.0 cm³/mol. The van der Waals surface area contributed by atoms with Crippen LogP contribution < -0.4 is 5.14 Å². The van der Waals surface area contributed by atoms with Gasteiger partial charge in [0.15, 0.2) is 0 Å². The van der Waals surface area contributed by atoms with Crippen molar-refractivity contribution in [1.29, 1.82) is 0 Å². The zero-order valence-corrected chi connectivity index (χ0v) is 8.69. The Balaban J connectivity index is 2.99. The second-order valence-corrected chi connectivity index (χ2v) is 4.91. The lowest BCUT2D eigenvalue weighted by molar-refractivity contribution is 0.597. The van der Waals surface area contributed by atoms with Crippen molar-refractivity contribution < 1.29 is 8.42 Å². The van der Waals surface area contributed by atoms with Crippen molar-refractivity contribution in [1.82, 2.24) is 0 Å². The van der Waals surface area contributed by atoms with E-state index in [9.17, 15) is 8.42 Å². The molecule has 2 N–H and O–H groups in total. The van der Waals surface area contributed by atoms with Crippen LogP contribution in [0.1, 0.15) is 11.1 Å². The Hall–Kier alpha value is -0.580. The summed E-state index contributed by atoms with van der Waals surface area (Å²) in [5, 5.41) is 5.44. The topological polar surface area (TPSA) is 60.2 Å². The summed E-state index contributed by atoms with van der Waals surface area (Å²) in [5.74, 6) is -0.174. The summed E-state index contributed by atoms with van der Waals surface area (Å²) in [4.78, 5) is 0. The molecule has 72 valence electrons. The maximum Gasteiger partial charge on any atom is 0.213 e. The van der Waals surface area contributed by atoms with Crippen molar-refractivity contribution in [2.45, 2.75) is 12.7 Å². The summed E-state index contributed by atoms with van der Waals surface area (Å²) in [5.41, 5.74) is 1.53. The van der Waals surface area contributed by atoms with E-state index in [2.05, 4.69) is 0 Å². The van der Waals surface area contributed by atoms with Gasteiger partial charge < -0.3 is 0 Å². The highest BCUT2D eigenvalue weighted by Gasteiger charge is 2.05. The van der Waals surface area contributed by atoms with Gasteiger partial charge in [-0.1, -0.05) is 23.7 Å². The van der Waals surface area contributed by atoms with Crippen molar-refractivity contribution in [3.63, 3.8) is 0 Å². The van der Waals surface area contributed by atoms with Gasteiger partial charge in [0, 0.05) is 5.02 Å². The van der Waals surface area contributed by atoms with E-state index in [0.717, 1.165) is 5.56 Å². The molecule has 0 fully saturated rings. The van der Waals surface area contributed by atoms with Crippen molar-refractivity contribution >= 4 is 21.6 Å². The maximum atomic E-state index is 10.7. The van der Waals surface area contributed by atoms with Crippen molar-refractivity contribution in [3.8, 4) is 0 Å². The zero-order chi connectivity index (χ0) is 10.1. The molecule has 0 bridgehead atoms. The number of primary sulfonamides is 1. The van der Waals surface area contributed by atoms with Crippen molar-refractivity contribution in [2.75, 3.05) is 0 Å². The molecule has 3 nitrogen and oxygen atoms in total. The van der Waals surface area contributed by atoms with E-state index < -0.39 is 10.0 Å². The molecule has 0 amide bonds. The number of hydrogen-bond donors (Lipinski definition) is 1. The first kappa shape index (κ1) is 10.5. The number of sulfonamides is 1. The molecule has 0 atom stereocenters. The van der Waals surface area contributed by atoms with Crippen LogP contribution in [0.4, 0.5) is 0 Å². The molecule has 13 heavy (non-hydrogen) atoms. The first-order chi connectivity index (χ1) is 5.88. The van der Waals surface area contributed by atoms with Gasteiger partial charge in [-0.15, -0.1) is 0 Å². The summed E-state index contributed by atoms with van der Waals surface area (Å²) in [6.45, 7) is 1.85. The van der Waals surface area contributed by atoms with Crippen LogP contribution in [0.3, 0.4) is 0 Å². The van der Waals surface area contributed by atoms with Gasteiger partial charge in [0.2, 0.25) is 10.0 Å². The third kappa shape index (κ3) is 3.34. The quantitative estimate of drug-likeness (QED) is 0.818. The van der Waals surface area contributed by atoms with Crippen LogP contribution in [0.5, 0.6) is 0 Å². The molecule has 5 heteroatoms. The summed E-state index contributed by atoms with van der Waals surface area (Å²) in [6.07, 6.45) is 0. The van der Waals surface area contributed by atoms with Gasteiger partial charge in [0.25, 0.3) is 0 Å². The minimum absolute atomic E-state index is 0.174. The van der Waals surface area contributed by atoms with Crippen LogP contribution in [0.15, 0.2) is 18.2 Å². The number of benzene rings is 1. The Kier molecular flexibility index (Phi) is 2.95. The Labute approximate surface area is 82.6 Å². The minimum atomic E-state index is -3.47. The summed E-state index contributed by atoms with van der Waals surface area (Å²) in [6, 6.07) is 5.08. The van der Waals surface area contributed by atoms with Gasteiger partial charge in [0.05, 0.1) is 5.75 Å². The predicted octanol–water partition coefficient (Wildman–Crippen LogP) is 1.44. The van der Waals surface area contributed by atoms with Gasteiger partial charge in [-0.25, -0.2) is 13.6 Å². The normalized spacial score (nSPS) is 11.6. The fraction of sp³-hybridized carbons (Fsp3) is 0.250. The van der Waals surface area contributed by atoms with E-state index in [-0.39, 0.29) is 5.75 Å². The molecule has 1 aromatic carbocycles. The second-order valence-electron chi connectivity index (χ2n) is 2.89. The molecule has 0 aliphatic heterocycles. The number of nitrogens with two attached hydrogens (primary N) is 1. The highest BCUT2D eigenvalue weighted by Crippen LogP contribution is 2.17. The maximum absolute atomic E-state index is 10.7. The molecule has 0 saturated heterocycles. The third-order valence-corrected chi connectivity index (χ3v) is 2.75. The molecular weight excluding hydrogens is 210 g/mol. The van der Waals surface area contributed by atoms with Crippen LogP contribution in [0.2, 0.25) is 5.02 Å².